The number of nitrogens with zero attached hydrogens (tertiary/aromatic N) is 5. The third kappa shape index (κ3) is 4.93. The Kier molecular flexibility index (Phi) is 6.18. The van der Waals surface area contributed by atoms with Crippen LogP contribution in [0, 0.1) is 6.92 Å². The molecule has 1 aliphatic rings. The van der Waals surface area contributed by atoms with E-state index in [0.717, 1.165) is 17.8 Å². The van der Waals surface area contributed by atoms with Crippen LogP contribution in [0.5, 0.6) is 5.75 Å². The number of halogens is 3. The Bertz CT molecular complexity index is 1400. The molecule has 1 aliphatic heterocycles. The highest BCUT2D eigenvalue weighted by Gasteiger charge is 2.36. The summed E-state index contributed by atoms with van der Waals surface area (Å²) < 4.78 is 54.3. The van der Waals surface area contributed by atoms with E-state index in [9.17, 15) is 18.0 Å². The zero-order valence-electron chi connectivity index (χ0n) is 19.1. The maximum atomic E-state index is 14.1. The van der Waals surface area contributed by atoms with Gasteiger partial charge in [-0.2, -0.15) is 13.2 Å². The van der Waals surface area contributed by atoms with Crippen molar-refractivity contribution in [1.82, 2.24) is 19.6 Å². The van der Waals surface area contributed by atoms with Gasteiger partial charge in [-0.15, -0.1) is 5.10 Å². The summed E-state index contributed by atoms with van der Waals surface area (Å²) in [5.41, 5.74) is 0.221. The van der Waals surface area contributed by atoms with Crippen LogP contribution in [0.3, 0.4) is 0 Å². The van der Waals surface area contributed by atoms with Crippen LogP contribution < -0.4 is 15.0 Å². The molecule has 5 rings (SSSR count). The van der Waals surface area contributed by atoms with Gasteiger partial charge in [-0.3, -0.25) is 5.32 Å². The molecular formula is C24H21F3N6O3. The van der Waals surface area contributed by atoms with Crippen molar-refractivity contribution in [3.05, 3.63) is 66.0 Å². The Hall–Kier alpha value is -4.19. The lowest BCUT2D eigenvalue weighted by Crippen LogP contribution is -2.37. The molecule has 1 amide bonds. The fourth-order valence-electron chi connectivity index (χ4n) is 3.90. The van der Waals surface area contributed by atoms with Crippen molar-refractivity contribution >= 4 is 23.2 Å². The van der Waals surface area contributed by atoms with Crippen molar-refractivity contribution in [2.45, 2.75) is 13.1 Å². The summed E-state index contributed by atoms with van der Waals surface area (Å²) in [7, 11) is 0. The van der Waals surface area contributed by atoms with E-state index in [4.69, 9.17) is 9.47 Å². The lowest BCUT2D eigenvalue weighted by atomic mass is 10.1. The molecule has 0 spiro atoms. The molecule has 1 N–H and O–H groups in total. The number of hydrogen-bond donors (Lipinski definition) is 1. The van der Waals surface area contributed by atoms with Gasteiger partial charge in [0, 0.05) is 25.5 Å². The molecule has 0 bridgehead atoms. The van der Waals surface area contributed by atoms with Crippen LogP contribution in [0.25, 0.3) is 16.9 Å². The SMILES string of the molecule is Cc1cc2c(N3CCOCC3)nc(-c3cnc(NC(=O)Oc4ccccc4)cc3C(F)(F)F)nn2c1. The van der Waals surface area contributed by atoms with Gasteiger partial charge in [-0.25, -0.2) is 19.3 Å². The number of carbonyl (C=O) groups excluding carboxylic acids is 1. The molecule has 1 fully saturated rings. The number of rotatable bonds is 4. The normalized spacial score (nSPS) is 14.2. The van der Waals surface area contributed by atoms with E-state index in [1.54, 1.807) is 36.5 Å². The number of morpholine rings is 1. The number of alkyl halides is 3. The lowest BCUT2D eigenvalue weighted by Gasteiger charge is -2.28. The van der Waals surface area contributed by atoms with Gasteiger partial charge in [-0.1, -0.05) is 18.2 Å². The Labute approximate surface area is 203 Å². The highest BCUT2D eigenvalue weighted by atomic mass is 19.4. The molecule has 9 nitrogen and oxygen atoms in total. The smallest absolute Gasteiger partial charge is 0.410 e. The summed E-state index contributed by atoms with van der Waals surface area (Å²) in [6.45, 7) is 3.94. The number of amides is 1. The molecule has 4 aromatic rings. The average molecular weight is 498 g/mol. The molecule has 1 aromatic carbocycles. The third-order valence-corrected chi connectivity index (χ3v) is 5.53. The largest absolute Gasteiger partial charge is 0.418 e. The van der Waals surface area contributed by atoms with Crippen LogP contribution in [0.1, 0.15) is 11.1 Å². The van der Waals surface area contributed by atoms with Crippen molar-refractivity contribution in [3.63, 3.8) is 0 Å². The highest BCUT2D eigenvalue weighted by Crippen LogP contribution is 2.37. The number of pyridine rings is 1. The molecule has 4 heterocycles. The number of anilines is 2. The second-order valence-corrected chi connectivity index (χ2v) is 8.15. The number of nitrogens with one attached hydrogen (secondary N) is 1. The van der Waals surface area contributed by atoms with Gasteiger partial charge >= 0.3 is 12.3 Å². The molecule has 3 aromatic heterocycles. The number of aromatic nitrogens is 4. The number of hydrogen-bond acceptors (Lipinski definition) is 7. The van der Waals surface area contributed by atoms with Crippen LogP contribution in [0.4, 0.5) is 29.6 Å². The van der Waals surface area contributed by atoms with E-state index in [2.05, 4.69) is 20.4 Å². The first-order valence-electron chi connectivity index (χ1n) is 11.1. The first-order valence-corrected chi connectivity index (χ1v) is 11.1. The van der Waals surface area contributed by atoms with Gasteiger partial charge < -0.3 is 14.4 Å². The predicted octanol–water partition coefficient (Wildman–Crippen LogP) is 4.57. The topological polar surface area (TPSA) is 93.9 Å². The first kappa shape index (κ1) is 23.5. The summed E-state index contributed by atoms with van der Waals surface area (Å²) >= 11 is 0. The van der Waals surface area contributed by atoms with Crippen LogP contribution in [0.15, 0.2) is 54.9 Å². The van der Waals surface area contributed by atoms with E-state index in [1.807, 2.05) is 17.9 Å². The predicted molar refractivity (Wildman–Crippen MR) is 125 cm³/mol. The number of carbonyl (C=O) groups is 1. The van der Waals surface area contributed by atoms with E-state index in [0.29, 0.717) is 37.6 Å². The third-order valence-electron chi connectivity index (χ3n) is 5.53. The van der Waals surface area contributed by atoms with Crippen molar-refractivity contribution in [2.75, 3.05) is 36.5 Å². The molecule has 0 saturated carbocycles. The van der Waals surface area contributed by atoms with Crippen molar-refractivity contribution in [2.24, 2.45) is 0 Å². The summed E-state index contributed by atoms with van der Waals surface area (Å²) in [4.78, 5) is 22.6. The van der Waals surface area contributed by atoms with Gasteiger partial charge in [0.1, 0.15) is 17.1 Å². The average Bonchev–Trinajstić information content (AvgIpc) is 3.24. The maximum Gasteiger partial charge on any atom is 0.418 e. The first-order chi connectivity index (χ1) is 17.3. The molecule has 36 heavy (non-hydrogen) atoms. The molecule has 0 radical (unpaired) electrons. The number of aryl methyl sites for hydroxylation is 1. The number of ether oxygens (including phenoxy) is 2. The minimum Gasteiger partial charge on any atom is -0.410 e. The van der Waals surface area contributed by atoms with Crippen molar-refractivity contribution in [3.8, 4) is 17.1 Å². The summed E-state index contributed by atoms with van der Waals surface area (Å²) in [5, 5.41) is 6.58. The second-order valence-electron chi connectivity index (χ2n) is 8.15. The monoisotopic (exact) mass is 498 g/mol. The molecule has 0 aliphatic carbocycles. The van der Waals surface area contributed by atoms with Gasteiger partial charge in [0.15, 0.2) is 11.6 Å². The Morgan fingerprint density at radius 3 is 2.61 bits per heavy atom. The van der Waals surface area contributed by atoms with Gasteiger partial charge in [0.2, 0.25) is 0 Å². The van der Waals surface area contributed by atoms with Crippen LogP contribution >= 0.6 is 0 Å². The minimum absolute atomic E-state index is 0.141. The quantitative estimate of drug-likeness (QED) is 0.441. The zero-order chi connectivity index (χ0) is 25.3. The maximum absolute atomic E-state index is 14.1. The fraction of sp³-hybridized carbons (Fsp3) is 0.250. The summed E-state index contributed by atoms with van der Waals surface area (Å²) in [6, 6.07) is 10.8. The summed E-state index contributed by atoms with van der Waals surface area (Å²) in [6.07, 6.45) is -3.01. The van der Waals surface area contributed by atoms with E-state index in [1.165, 1.54) is 4.52 Å². The molecule has 1 saturated heterocycles. The van der Waals surface area contributed by atoms with Crippen molar-refractivity contribution in [1.29, 1.82) is 0 Å². The van der Waals surface area contributed by atoms with Crippen molar-refractivity contribution < 1.29 is 27.4 Å². The molecule has 186 valence electrons. The molecule has 12 heteroatoms. The molecule has 0 atom stereocenters. The second kappa shape index (κ2) is 9.46. The standard InChI is InChI=1S/C24H21F3N6O3/c1-15-11-19-22(32-7-9-35-10-8-32)30-21(31-33(19)14-15)17-13-28-20(12-18(17)24(25,26)27)29-23(34)36-16-5-3-2-4-6-16/h2-6,11-14H,7-10H2,1H3,(H,28,29,34). The molecular weight excluding hydrogens is 477 g/mol. The Balaban J connectivity index is 1.52. The van der Waals surface area contributed by atoms with E-state index >= 15 is 0 Å². The fourth-order valence-corrected chi connectivity index (χ4v) is 3.90. The van der Waals surface area contributed by atoms with Crippen LogP contribution in [-0.4, -0.2) is 52.0 Å². The van der Waals surface area contributed by atoms with Crippen LogP contribution in [0.2, 0.25) is 0 Å². The number of benzene rings is 1. The molecule has 0 unspecified atom stereocenters. The van der Waals surface area contributed by atoms with Gasteiger partial charge in [0.25, 0.3) is 0 Å². The summed E-state index contributed by atoms with van der Waals surface area (Å²) in [5.74, 6) is 0.288. The zero-order valence-corrected chi connectivity index (χ0v) is 19.1. The highest BCUT2D eigenvalue weighted by molar-refractivity contribution is 5.85. The Morgan fingerprint density at radius 1 is 1.14 bits per heavy atom. The van der Waals surface area contributed by atoms with E-state index < -0.39 is 17.8 Å². The van der Waals surface area contributed by atoms with Gasteiger partial charge in [-0.05, 0) is 36.8 Å². The van der Waals surface area contributed by atoms with Crippen LogP contribution in [-0.2, 0) is 10.9 Å². The van der Waals surface area contributed by atoms with Gasteiger partial charge in [0.05, 0.1) is 24.3 Å². The lowest BCUT2D eigenvalue weighted by molar-refractivity contribution is -0.137. The van der Waals surface area contributed by atoms with E-state index in [-0.39, 0.29) is 23.0 Å². The number of fused-ring (bicyclic) bond motifs is 1. The minimum atomic E-state index is -4.76. The number of para-hydroxylation sites is 1. The Morgan fingerprint density at radius 2 is 1.89 bits per heavy atom.